The molecule has 4 rings (SSSR count). The monoisotopic (exact) mass is 350 g/mol. The number of benzene rings is 1. The van der Waals surface area contributed by atoms with Crippen LogP contribution in [0.3, 0.4) is 0 Å². The van der Waals surface area contributed by atoms with Crippen molar-refractivity contribution in [3.8, 4) is 11.3 Å². The molecule has 6 nitrogen and oxygen atoms in total. The highest BCUT2D eigenvalue weighted by atomic mass is 32.1. The molecule has 3 heterocycles. The fourth-order valence-corrected chi connectivity index (χ4v) is 3.32. The maximum absolute atomic E-state index is 4.69. The minimum atomic E-state index is 0.636. The van der Waals surface area contributed by atoms with E-state index in [1.807, 2.05) is 53.8 Å². The first-order valence-corrected chi connectivity index (χ1v) is 8.84. The van der Waals surface area contributed by atoms with Crippen LogP contribution in [0.4, 0.5) is 10.9 Å². The van der Waals surface area contributed by atoms with E-state index in [9.17, 15) is 0 Å². The summed E-state index contributed by atoms with van der Waals surface area (Å²) in [6.07, 6.45) is 1.76. The van der Waals surface area contributed by atoms with E-state index < -0.39 is 0 Å². The number of thiazole rings is 1. The van der Waals surface area contributed by atoms with E-state index in [2.05, 4.69) is 37.9 Å². The van der Waals surface area contributed by atoms with Gasteiger partial charge in [0, 0.05) is 37.2 Å². The smallest absolute Gasteiger partial charge is 0.185 e. The summed E-state index contributed by atoms with van der Waals surface area (Å²) in [6, 6.07) is 14.1. The average molecular weight is 350 g/mol. The summed E-state index contributed by atoms with van der Waals surface area (Å²) < 4.78 is 1.81. The van der Waals surface area contributed by atoms with Gasteiger partial charge in [-0.1, -0.05) is 30.3 Å². The zero-order chi connectivity index (χ0) is 17.2. The summed E-state index contributed by atoms with van der Waals surface area (Å²) in [5.74, 6) is 0.897. The second kappa shape index (κ2) is 6.52. The van der Waals surface area contributed by atoms with E-state index in [-0.39, 0.29) is 0 Å². The molecule has 0 aliphatic heterocycles. The quantitative estimate of drug-likeness (QED) is 0.597. The first-order valence-electron chi connectivity index (χ1n) is 7.96. The third kappa shape index (κ3) is 3.18. The number of rotatable bonds is 5. The van der Waals surface area contributed by atoms with E-state index in [4.69, 9.17) is 0 Å². The van der Waals surface area contributed by atoms with E-state index in [1.54, 1.807) is 17.5 Å². The second-order valence-electron chi connectivity index (χ2n) is 5.86. The van der Waals surface area contributed by atoms with Gasteiger partial charge in [-0.25, -0.2) is 9.97 Å². The van der Waals surface area contributed by atoms with Crippen LogP contribution in [0.5, 0.6) is 0 Å². The van der Waals surface area contributed by atoms with Crippen molar-refractivity contribution in [3.05, 3.63) is 59.7 Å². The van der Waals surface area contributed by atoms with Crippen LogP contribution in [0, 0.1) is 0 Å². The predicted molar refractivity (Wildman–Crippen MR) is 102 cm³/mol. The van der Waals surface area contributed by atoms with E-state index in [0.717, 1.165) is 33.5 Å². The van der Waals surface area contributed by atoms with Crippen LogP contribution >= 0.6 is 11.3 Å². The number of hydrogen-bond acceptors (Lipinski definition) is 6. The Bertz CT molecular complexity index is 989. The fourth-order valence-electron chi connectivity index (χ4n) is 2.56. The number of fused-ring (bicyclic) bond motifs is 1. The molecular weight excluding hydrogens is 332 g/mol. The van der Waals surface area contributed by atoms with Crippen LogP contribution in [0.1, 0.15) is 5.69 Å². The van der Waals surface area contributed by atoms with Crippen molar-refractivity contribution < 1.29 is 0 Å². The zero-order valence-electron chi connectivity index (χ0n) is 14.0. The Hall–Kier alpha value is -2.93. The van der Waals surface area contributed by atoms with Crippen LogP contribution < -0.4 is 10.2 Å². The van der Waals surface area contributed by atoms with Gasteiger partial charge in [-0.15, -0.1) is 11.3 Å². The summed E-state index contributed by atoms with van der Waals surface area (Å²) in [5.41, 5.74) is 3.82. The van der Waals surface area contributed by atoms with Gasteiger partial charge < -0.3 is 10.2 Å². The highest BCUT2D eigenvalue weighted by Crippen LogP contribution is 2.23. The van der Waals surface area contributed by atoms with Crippen molar-refractivity contribution in [1.29, 1.82) is 0 Å². The van der Waals surface area contributed by atoms with Gasteiger partial charge in [-0.2, -0.15) is 9.61 Å². The molecule has 0 bridgehead atoms. The fraction of sp³-hybridized carbons (Fsp3) is 0.167. The SMILES string of the molecule is CN(C)c1nc(CNc2cc(-c3ccccc3)nc3ccnn23)cs1. The van der Waals surface area contributed by atoms with Crippen molar-refractivity contribution in [2.24, 2.45) is 0 Å². The lowest BCUT2D eigenvalue weighted by atomic mass is 10.1. The normalized spacial score (nSPS) is 11.0. The van der Waals surface area contributed by atoms with E-state index >= 15 is 0 Å². The first kappa shape index (κ1) is 15.6. The first-order chi connectivity index (χ1) is 12.2. The van der Waals surface area contributed by atoms with Gasteiger partial charge in [-0.05, 0) is 0 Å². The molecule has 7 heteroatoms. The number of nitrogens with zero attached hydrogens (tertiary/aromatic N) is 5. The molecule has 0 spiro atoms. The van der Waals surface area contributed by atoms with Gasteiger partial charge in [0.15, 0.2) is 10.8 Å². The minimum Gasteiger partial charge on any atom is -0.364 e. The Morgan fingerprint density at radius 1 is 1.12 bits per heavy atom. The van der Waals surface area contributed by atoms with E-state index in [1.165, 1.54) is 0 Å². The molecule has 0 aliphatic carbocycles. The summed E-state index contributed by atoms with van der Waals surface area (Å²) >= 11 is 1.64. The molecular formula is C18H18N6S. The van der Waals surface area contributed by atoms with Crippen LogP contribution in [0.2, 0.25) is 0 Å². The van der Waals surface area contributed by atoms with Gasteiger partial charge in [0.05, 0.1) is 24.1 Å². The van der Waals surface area contributed by atoms with Crippen molar-refractivity contribution in [2.75, 3.05) is 24.3 Å². The third-order valence-electron chi connectivity index (χ3n) is 3.80. The maximum atomic E-state index is 4.69. The average Bonchev–Trinajstić information content (AvgIpc) is 3.29. The van der Waals surface area contributed by atoms with Gasteiger partial charge in [0.25, 0.3) is 0 Å². The molecule has 0 fully saturated rings. The lowest BCUT2D eigenvalue weighted by molar-refractivity contribution is 0.919. The summed E-state index contributed by atoms with van der Waals surface area (Å²) in [7, 11) is 4.00. The molecule has 1 N–H and O–H groups in total. The topological polar surface area (TPSA) is 58.4 Å². The van der Waals surface area contributed by atoms with Crippen LogP contribution in [-0.4, -0.2) is 33.7 Å². The Balaban J connectivity index is 1.65. The summed E-state index contributed by atoms with van der Waals surface area (Å²) in [4.78, 5) is 11.3. The van der Waals surface area contributed by atoms with Crippen molar-refractivity contribution in [3.63, 3.8) is 0 Å². The van der Waals surface area contributed by atoms with Gasteiger partial charge >= 0.3 is 0 Å². The molecule has 1 aromatic carbocycles. The maximum Gasteiger partial charge on any atom is 0.185 e. The third-order valence-corrected chi connectivity index (χ3v) is 4.86. The molecule has 0 aliphatic rings. The van der Waals surface area contributed by atoms with Crippen molar-refractivity contribution in [2.45, 2.75) is 6.54 Å². The Morgan fingerprint density at radius 3 is 2.72 bits per heavy atom. The van der Waals surface area contributed by atoms with Crippen LogP contribution in [0.15, 0.2) is 54.0 Å². The second-order valence-corrected chi connectivity index (χ2v) is 6.70. The van der Waals surface area contributed by atoms with Gasteiger partial charge in [-0.3, -0.25) is 0 Å². The van der Waals surface area contributed by atoms with Crippen LogP contribution in [0.25, 0.3) is 16.9 Å². The number of anilines is 2. The number of aromatic nitrogens is 4. The molecule has 0 unspecified atom stereocenters. The number of hydrogen-bond donors (Lipinski definition) is 1. The molecule has 0 saturated heterocycles. The molecule has 126 valence electrons. The molecule has 0 radical (unpaired) electrons. The Labute approximate surface area is 149 Å². The Kier molecular flexibility index (Phi) is 4.07. The van der Waals surface area contributed by atoms with E-state index in [0.29, 0.717) is 6.54 Å². The molecule has 0 amide bonds. The molecule has 0 saturated carbocycles. The Morgan fingerprint density at radius 2 is 1.96 bits per heavy atom. The highest BCUT2D eigenvalue weighted by Gasteiger charge is 2.09. The number of nitrogens with one attached hydrogen (secondary N) is 1. The van der Waals surface area contributed by atoms with Gasteiger partial charge in [0.2, 0.25) is 0 Å². The molecule has 25 heavy (non-hydrogen) atoms. The largest absolute Gasteiger partial charge is 0.364 e. The highest BCUT2D eigenvalue weighted by molar-refractivity contribution is 7.13. The van der Waals surface area contributed by atoms with Gasteiger partial charge in [0.1, 0.15) is 5.82 Å². The lowest BCUT2D eigenvalue weighted by Gasteiger charge is -2.10. The molecule has 3 aromatic heterocycles. The zero-order valence-corrected chi connectivity index (χ0v) is 14.9. The standard InChI is InChI=1S/C18H18N6S/c1-23(2)18-21-14(12-25-18)11-19-17-10-15(13-6-4-3-5-7-13)22-16-8-9-20-24(16)17/h3-10,12,19H,11H2,1-2H3. The lowest BCUT2D eigenvalue weighted by Crippen LogP contribution is -2.09. The van der Waals surface area contributed by atoms with Crippen molar-refractivity contribution >= 4 is 27.9 Å². The molecule has 4 aromatic rings. The minimum absolute atomic E-state index is 0.636. The molecule has 0 atom stereocenters. The van der Waals surface area contributed by atoms with Crippen LogP contribution in [-0.2, 0) is 6.54 Å². The predicted octanol–water partition coefficient (Wildman–Crippen LogP) is 3.53. The summed E-state index contributed by atoms with van der Waals surface area (Å²) in [5, 5.41) is 10.9. The van der Waals surface area contributed by atoms with Crippen molar-refractivity contribution in [1.82, 2.24) is 19.6 Å². The summed E-state index contributed by atoms with van der Waals surface area (Å²) in [6.45, 7) is 0.636.